The fourth-order valence-electron chi connectivity index (χ4n) is 8.48. The topological polar surface area (TPSA) is 367 Å². The molecule has 0 aliphatic rings. The predicted molar refractivity (Wildman–Crippen MR) is 333 cm³/mol. The van der Waals surface area contributed by atoms with E-state index in [1.54, 1.807) is 40.2 Å². The fourth-order valence-corrected chi connectivity index (χ4v) is 8.48. The van der Waals surface area contributed by atoms with Gasteiger partial charge in [-0.3, -0.25) is 19.2 Å². The van der Waals surface area contributed by atoms with Gasteiger partial charge >= 0.3 is 11.9 Å². The number of nitrogens with two attached hydrogens (primary N) is 4. The van der Waals surface area contributed by atoms with Gasteiger partial charge in [-0.2, -0.15) is 0 Å². The Morgan fingerprint density at radius 1 is 0.558 bits per heavy atom. The van der Waals surface area contributed by atoms with E-state index < -0.39 is 117 Å². The molecule has 0 aliphatic carbocycles. The van der Waals surface area contributed by atoms with E-state index in [-0.39, 0.29) is 86.1 Å². The molecule has 2 aromatic rings. The lowest BCUT2D eigenvalue weighted by Gasteiger charge is -2.30. The van der Waals surface area contributed by atoms with Gasteiger partial charge in [0.25, 0.3) is 0 Å². The number of aliphatic carboxylic acids is 2. The van der Waals surface area contributed by atoms with Gasteiger partial charge in [0.05, 0.1) is 58.6 Å². The second-order valence-electron chi connectivity index (χ2n) is 23.8. The summed E-state index contributed by atoms with van der Waals surface area (Å²) in [6, 6.07) is 9.07. The van der Waals surface area contributed by atoms with Gasteiger partial charge < -0.3 is 82.4 Å². The summed E-state index contributed by atoms with van der Waals surface area (Å²) in [7, 11) is -2.03. The average molecular weight is 1230 g/mol. The number of methoxy groups -OCH3 is 4. The molecule has 2 aromatic carbocycles. The van der Waals surface area contributed by atoms with Crippen LogP contribution in [0.1, 0.15) is 149 Å². The van der Waals surface area contributed by atoms with E-state index >= 15 is 0 Å². The Hall–Kier alpha value is -6.04. The largest absolute Gasteiger partial charge is 0.493 e. The Labute approximate surface area is 529 Å². The Bertz CT molecular complexity index is 2770. The van der Waals surface area contributed by atoms with E-state index in [4.69, 9.17) is 78.0 Å². The summed E-state index contributed by atoms with van der Waals surface area (Å²) < 4.78 is 123. The second kappa shape index (κ2) is 41.2. The molecule has 0 unspecified atom stereocenters. The van der Waals surface area contributed by atoms with E-state index in [0.29, 0.717) is 69.0 Å². The first-order valence-corrected chi connectivity index (χ1v) is 28.8. The van der Waals surface area contributed by atoms with Crippen molar-refractivity contribution in [1.29, 1.82) is 0 Å². The van der Waals surface area contributed by atoms with Crippen molar-refractivity contribution in [1.82, 2.24) is 10.6 Å². The number of aliphatic hydroxyl groups is 2. The fraction of sp³-hybridized carbons (Fsp3) is 0.688. The van der Waals surface area contributed by atoms with Gasteiger partial charge in [-0.25, -0.2) is 9.59 Å². The van der Waals surface area contributed by atoms with E-state index in [1.165, 1.54) is 19.9 Å². The lowest BCUT2D eigenvalue weighted by Crippen LogP contribution is -2.46. The maximum absolute atomic E-state index is 13.3. The van der Waals surface area contributed by atoms with Gasteiger partial charge in [-0.15, -0.1) is 0 Å². The maximum atomic E-state index is 13.3. The highest BCUT2D eigenvalue weighted by atomic mass is 16.5. The number of carboxylic acids is 2. The predicted octanol–water partition coefficient (Wildman–Crippen LogP) is 6.30. The number of carboxylic acid groups (broad SMARTS) is 2. The number of aliphatic hydroxyl groups excluding tert-OH is 2. The standard InChI is InChI=1S/2C30H53N3O6.C4H4O4/c2*1-19(2)22(14-21-10-11-26(38-8)27(15-21)39-13-9-12-37-7)16-24(31)25(34)17-23(20(3)4)28(35)33-18-30(5,6)29(32)36;5-3(6)1-2-4(7)8/h2*10-11,15,19-20,22-25,34H,9,12-14,16-18,31H2,1-8H3,(H2,32,36)(H,33,35);1-2H,(H,5,6)(H,7,8)/b;;2-1+/t2*22-,23-,24-,25-;/m00./s1/i7D3,8D3;3D3,4D3;. The van der Waals surface area contributed by atoms with Crippen LogP contribution in [-0.4, -0.2) is 148 Å². The van der Waals surface area contributed by atoms with Crippen LogP contribution in [0.15, 0.2) is 48.6 Å². The summed E-state index contributed by atoms with van der Waals surface area (Å²) in [5.41, 5.74) is 23.4. The third-order valence-electron chi connectivity index (χ3n) is 14.7. The molecule has 0 heterocycles. The highest BCUT2D eigenvalue weighted by molar-refractivity contribution is 5.89. The van der Waals surface area contributed by atoms with Crippen molar-refractivity contribution in [3.63, 3.8) is 0 Å². The first-order valence-electron chi connectivity index (χ1n) is 34.8. The molecule has 86 heavy (non-hydrogen) atoms. The van der Waals surface area contributed by atoms with Crippen molar-refractivity contribution in [3.05, 3.63) is 59.7 Å². The van der Waals surface area contributed by atoms with Gasteiger partial charge in [0.1, 0.15) is 0 Å². The van der Waals surface area contributed by atoms with Crippen molar-refractivity contribution in [2.75, 3.05) is 67.8 Å². The number of benzene rings is 2. The number of primary amides is 2. The summed E-state index contributed by atoms with van der Waals surface area (Å²) in [5, 5.41) is 43.2. The number of rotatable bonds is 40. The molecule has 2 rings (SSSR count). The van der Waals surface area contributed by atoms with E-state index in [0.717, 1.165) is 11.1 Å². The second-order valence-corrected chi connectivity index (χ2v) is 23.8. The summed E-state index contributed by atoms with van der Waals surface area (Å²) in [6.45, 7) is 12.9. The van der Waals surface area contributed by atoms with Crippen LogP contribution in [-0.2, 0) is 51.1 Å². The molecule has 22 nitrogen and oxygen atoms in total. The molecule has 0 saturated carbocycles. The molecule has 8 atom stereocenters. The summed E-state index contributed by atoms with van der Waals surface area (Å²) in [5.74, 6) is -7.57. The zero-order valence-corrected chi connectivity index (χ0v) is 52.4. The van der Waals surface area contributed by atoms with Gasteiger partial charge in [-0.05, 0) is 137 Å². The molecule has 0 saturated heterocycles. The molecule has 492 valence electrons. The molecular formula is C64H110N6O16. The van der Waals surface area contributed by atoms with Crippen molar-refractivity contribution < 1.29 is 94.1 Å². The highest BCUT2D eigenvalue weighted by Gasteiger charge is 2.34. The van der Waals surface area contributed by atoms with Crippen LogP contribution < -0.4 is 52.5 Å². The minimum atomic E-state index is -3.05. The minimum absolute atomic E-state index is 0.0206. The molecule has 0 spiro atoms. The van der Waals surface area contributed by atoms with Crippen LogP contribution >= 0.6 is 0 Å². The molecule has 0 fully saturated rings. The van der Waals surface area contributed by atoms with Gasteiger partial charge in [0.2, 0.25) is 23.6 Å². The number of carbonyl (C=O) groups excluding carboxylic acids is 4. The van der Waals surface area contributed by atoms with Crippen LogP contribution in [0.3, 0.4) is 0 Å². The number of carbonyl (C=O) groups is 6. The third kappa shape index (κ3) is 31.6. The third-order valence-corrected chi connectivity index (χ3v) is 14.7. The first kappa shape index (κ1) is 60.3. The van der Waals surface area contributed by atoms with Crippen LogP contribution in [0, 0.1) is 58.2 Å². The summed E-state index contributed by atoms with van der Waals surface area (Å²) >= 11 is 0. The molecule has 4 amide bonds. The molecule has 14 N–H and O–H groups in total. The SMILES string of the molecule is O=C(O)/C=C/C(=O)O.[2H]C([2H])([2H])C([C@H](C[C@H](O)[C@@H](N)C[C@H](Cc1ccc(OC)c(OCCCOC)c1)C(C)C)C(=O)NCC(C)(C)C(N)=O)C([2H])([2H])[2H].[2H]C([2H])([2H])OCCCOc1cc(C[C@@H](C[C@H](N)[C@@H](O)C[C@H](C(=O)NCC(C)(C)C(N)=O)C(C)C)C(C)C)ccc1OC([2H])([2H])[2H]. The van der Waals surface area contributed by atoms with Gasteiger partial charge in [0.15, 0.2) is 23.0 Å². The maximum Gasteiger partial charge on any atom is 0.328 e. The molecule has 0 aromatic heterocycles. The number of hydrogen-bond acceptors (Lipinski definition) is 16. The minimum Gasteiger partial charge on any atom is -0.493 e. The normalized spacial score (nSPS) is 17.2. The molecular weight excluding hydrogens is 1110 g/mol. The van der Waals surface area contributed by atoms with Crippen molar-refractivity contribution in [2.24, 2.45) is 81.1 Å². The smallest absolute Gasteiger partial charge is 0.328 e. The number of ether oxygens (including phenoxy) is 6. The number of nitrogens with one attached hydrogen (secondary N) is 2. The molecule has 0 aliphatic heterocycles. The summed E-state index contributed by atoms with van der Waals surface area (Å²) in [4.78, 5) is 68.8. The van der Waals surface area contributed by atoms with E-state index in [9.17, 15) is 39.0 Å². The first-order chi connectivity index (χ1) is 44.8. The Kier molecular flexibility index (Phi) is 28.8. The Balaban J connectivity index is 0.00000172. The molecule has 0 radical (unpaired) electrons. The lowest BCUT2D eigenvalue weighted by atomic mass is 9.80. The Morgan fingerprint density at radius 3 is 1.28 bits per heavy atom. The monoisotopic (exact) mass is 1230 g/mol. The van der Waals surface area contributed by atoms with Gasteiger partial charge in [-0.1, -0.05) is 67.4 Å². The Morgan fingerprint density at radius 2 is 0.953 bits per heavy atom. The van der Waals surface area contributed by atoms with Crippen LogP contribution in [0.25, 0.3) is 0 Å². The van der Waals surface area contributed by atoms with Crippen molar-refractivity contribution in [3.8, 4) is 23.0 Å². The van der Waals surface area contributed by atoms with Crippen LogP contribution in [0.4, 0.5) is 0 Å². The molecule has 22 heteroatoms. The van der Waals surface area contributed by atoms with Crippen LogP contribution in [0.2, 0.25) is 0 Å². The quantitative estimate of drug-likeness (QED) is 0.0258. The zero-order chi connectivity index (χ0) is 76.1. The number of amides is 4. The zero-order valence-electron chi connectivity index (χ0n) is 64.4. The molecule has 0 bridgehead atoms. The van der Waals surface area contributed by atoms with Crippen LogP contribution in [0.5, 0.6) is 23.0 Å². The average Bonchev–Trinajstić information content (AvgIpc) is 0.789. The summed E-state index contributed by atoms with van der Waals surface area (Å²) in [6.07, 6.45) is 1.26. The van der Waals surface area contributed by atoms with Gasteiger partial charge in [0, 0.05) is 97.6 Å². The highest BCUT2D eigenvalue weighted by Crippen LogP contribution is 2.34. The van der Waals surface area contributed by atoms with Crippen molar-refractivity contribution in [2.45, 2.75) is 159 Å². The lowest BCUT2D eigenvalue weighted by molar-refractivity contribution is -0.134. The number of hydrogen-bond donors (Lipinski definition) is 10. The van der Waals surface area contributed by atoms with Crippen molar-refractivity contribution >= 4 is 35.6 Å². The van der Waals surface area contributed by atoms with E-state index in [2.05, 4.69) is 10.6 Å². The van der Waals surface area contributed by atoms with E-state index in [1.807, 2.05) is 59.7 Å².